The number of hydrogen-bond donors (Lipinski definition) is 2. The molecule has 0 unspecified atom stereocenters. The van der Waals surface area contributed by atoms with Crippen LogP contribution in [0.3, 0.4) is 0 Å². The van der Waals surface area contributed by atoms with Crippen LogP contribution in [0.25, 0.3) is 0 Å². The molecule has 10 rings (SSSR count). The Labute approximate surface area is 391 Å². The second-order valence-electron chi connectivity index (χ2n) is 20.3. The van der Waals surface area contributed by atoms with Gasteiger partial charge in [-0.15, -0.1) is 0 Å². The molecule has 2 spiro atoms. The van der Waals surface area contributed by atoms with Crippen molar-refractivity contribution < 1.29 is 57.8 Å². The Morgan fingerprint density at radius 1 is 0.627 bits per heavy atom. The standard InChI is InChI=1S/C51H64N4O12/c1-11-46-15-13-19-54-21-17-48(38(46)54)32-24-30(36(62-7)26-34(32)52(5)40(48)50(60,44(58)64-9)42(46)66-28(3)56)23-31-25-33-35(27-37(31)63-8)53(6)41-49(33)18-22-55-20-14-16-47(12-2,39(49)55)43(67-29(4)57)51(41,61)45(59)65-10/h13-16,24-27,38-43,60-61H,11-12,17-23H2,1-10H3/t38-,39-,40-,41-,42-,43+,46+,47+,48-,49-,50+,51+/m0/s1. The van der Waals surface area contributed by atoms with Crippen LogP contribution >= 0.6 is 0 Å². The Morgan fingerprint density at radius 3 is 1.34 bits per heavy atom. The van der Waals surface area contributed by atoms with Crippen LogP contribution in [-0.4, -0.2) is 160 Å². The molecule has 2 saturated carbocycles. The monoisotopic (exact) mass is 924 g/mol. The molecule has 0 radical (unpaired) electrons. The lowest BCUT2D eigenvalue weighted by molar-refractivity contribution is -0.229. The van der Waals surface area contributed by atoms with Gasteiger partial charge in [-0.05, 0) is 73.2 Å². The van der Waals surface area contributed by atoms with Crippen LogP contribution in [0.2, 0.25) is 0 Å². The zero-order chi connectivity index (χ0) is 48.0. The molecule has 6 heterocycles. The number of anilines is 2. The highest BCUT2D eigenvalue weighted by molar-refractivity contribution is 5.88. The molecule has 6 aliphatic heterocycles. The Morgan fingerprint density at radius 2 is 1.01 bits per heavy atom. The molecule has 0 aromatic heterocycles. The number of ether oxygens (including phenoxy) is 6. The molecule has 2 aliphatic carbocycles. The van der Waals surface area contributed by atoms with E-state index in [0.29, 0.717) is 69.8 Å². The Kier molecular flexibility index (Phi) is 10.3. The number of benzene rings is 2. The number of carbonyl (C=O) groups is 4. The first-order valence-electron chi connectivity index (χ1n) is 23.6. The zero-order valence-corrected chi connectivity index (χ0v) is 40.2. The number of esters is 4. The van der Waals surface area contributed by atoms with Gasteiger partial charge in [0.1, 0.15) is 11.5 Å². The SMILES string of the molecule is CC[C@]12C=CCN3CC[C@]4(c5cc(Cc6cc7c(cc6OC)N(C)[C@@H]6[C@](O)(C(=O)OC)[C@H](OC(C)=O)[C@]8(CC)C=CCN9CC[C@@]76[C@@H]98)c(OC)cc5N(C)[C@@H]4[C@](O)(C(=O)OC)[C@H]1OC(C)=O)[C@@H]32. The Balaban J connectivity index is 1.16. The second kappa shape index (κ2) is 15.2. The Bertz CT molecular complexity index is 2360. The quantitative estimate of drug-likeness (QED) is 0.202. The third kappa shape index (κ3) is 5.33. The Hall–Kier alpha value is -5.16. The maximum Gasteiger partial charge on any atom is 0.344 e. The maximum absolute atomic E-state index is 14.3. The van der Waals surface area contributed by atoms with Crippen molar-refractivity contribution in [2.75, 3.05) is 78.5 Å². The number of rotatable bonds is 10. The highest BCUT2D eigenvalue weighted by Crippen LogP contribution is 2.70. The molecule has 2 N–H and O–H groups in total. The molecule has 16 nitrogen and oxygen atoms in total. The predicted octanol–water partition coefficient (Wildman–Crippen LogP) is 3.19. The number of aliphatic hydroxyl groups is 2. The van der Waals surface area contributed by atoms with Gasteiger partial charge in [0.05, 0.1) is 40.5 Å². The van der Waals surface area contributed by atoms with Gasteiger partial charge in [-0.3, -0.25) is 19.4 Å². The summed E-state index contributed by atoms with van der Waals surface area (Å²) in [6, 6.07) is 6.04. The smallest absolute Gasteiger partial charge is 0.344 e. The van der Waals surface area contributed by atoms with Crippen molar-refractivity contribution in [2.45, 2.75) is 118 Å². The third-order valence-corrected chi connectivity index (χ3v) is 18.0. The summed E-state index contributed by atoms with van der Waals surface area (Å²) < 4.78 is 35.6. The summed E-state index contributed by atoms with van der Waals surface area (Å²) in [7, 11) is 9.51. The first kappa shape index (κ1) is 45.6. The average molecular weight is 925 g/mol. The molecule has 2 aromatic rings. The number of likely N-dealkylation sites (N-methyl/N-ethyl adjacent to an activating group) is 2. The van der Waals surface area contributed by atoms with E-state index in [1.165, 1.54) is 28.1 Å². The van der Waals surface area contributed by atoms with Crippen LogP contribution < -0.4 is 19.3 Å². The van der Waals surface area contributed by atoms with Gasteiger partial charge in [-0.25, -0.2) is 9.59 Å². The topological polar surface area (TPSA) is 177 Å². The minimum absolute atomic E-state index is 0.260. The van der Waals surface area contributed by atoms with Gasteiger partial charge in [-0.1, -0.05) is 38.2 Å². The van der Waals surface area contributed by atoms with E-state index in [2.05, 4.69) is 46.2 Å². The van der Waals surface area contributed by atoms with E-state index in [4.69, 9.17) is 28.4 Å². The van der Waals surface area contributed by atoms with E-state index < -0.39 is 81.0 Å². The number of nitrogens with zero attached hydrogens (tertiary/aromatic N) is 4. The molecule has 16 heteroatoms. The lowest BCUT2D eigenvalue weighted by Gasteiger charge is -2.63. The van der Waals surface area contributed by atoms with E-state index in [9.17, 15) is 29.4 Å². The number of carbonyl (C=O) groups excluding carboxylic acids is 4. The minimum atomic E-state index is -2.27. The molecule has 2 saturated heterocycles. The zero-order valence-electron chi connectivity index (χ0n) is 40.2. The van der Waals surface area contributed by atoms with E-state index >= 15 is 0 Å². The summed E-state index contributed by atoms with van der Waals surface area (Å²) in [4.78, 5) is 63.4. The fourth-order valence-corrected chi connectivity index (χ4v) is 16.1. The first-order valence-corrected chi connectivity index (χ1v) is 23.6. The van der Waals surface area contributed by atoms with Gasteiger partial charge in [0, 0.05) is 105 Å². The molecular formula is C51H64N4O12. The minimum Gasteiger partial charge on any atom is -0.496 e. The lowest BCUT2D eigenvalue weighted by Crippen LogP contribution is -2.81. The fourth-order valence-electron chi connectivity index (χ4n) is 16.1. The second-order valence-corrected chi connectivity index (χ2v) is 20.3. The van der Waals surface area contributed by atoms with Gasteiger partial charge in [0.2, 0.25) is 11.2 Å². The van der Waals surface area contributed by atoms with E-state index in [0.717, 1.165) is 33.6 Å². The molecular weight excluding hydrogens is 861 g/mol. The van der Waals surface area contributed by atoms with Crippen LogP contribution in [0.5, 0.6) is 11.5 Å². The van der Waals surface area contributed by atoms with Gasteiger partial charge >= 0.3 is 23.9 Å². The van der Waals surface area contributed by atoms with E-state index in [1.807, 2.05) is 49.9 Å². The number of methoxy groups -OCH3 is 4. The average Bonchev–Trinajstić information content (AvgIpc) is 4.04. The van der Waals surface area contributed by atoms with Crippen LogP contribution in [0, 0.1) is 10.8 Å². The molecule has 2 aromatic carbocycles. The largest absolute Gasteiger partial charge is 0.496 e. The van der Waals surface area contributed by atoms with Gasteiger partial charge in [0.25, 0.3) is 0 Å². The van der Waals surface area contributed by atoms with Gasteiger partial charge in [0.15, 0.2) is 12.2 Å². The molecule has 4 fully saturated rings. The molecule has 360 valence electrons. The molecule has 12 atom stereocenters. The third-order valence-electron chi connectivity index (χ3n) is 18.0. The summed E-state index contributed by atoms with van der Waals surface area (Å²) in [5.74, 6) is -1.75. The van der Waals surface area contributed by atoms with E-state index in [-0.39, 0.29) is 12.1 Å². The normalized spacial score (nSPS) is 38.3. The number of fused-ring (bicyclic) bond motifs is 2. The number of hydrogen-bond acceptors (Lipinski definition) is 16. The summed E-state index contributed by atoms with van der Waals surface area (Å²) in [5.41, 5.74) is -2.90. The molecule has 0 bridgehead atoms. The van der Waals surface area contributed by atoms with Crippen molar-refractivity contribution in [1.29, 1.82) is 0 Å². The van der Waals surface area contributed by atoms with Crippen molar-refractivity contribution in [3.63, 3.8) is 0 Å². The molecule has 67 heavy (non-hydrogen) atoms. The maximum atomic E-state index is 14.3. The van der Waals surface area contributed by atoms with Crippen LogP contribution in [0.1, 0.15) is 75.6 Å². The highest BCUT2D eigenvalue weighted by Gasteiger charge is 2.82. The van der Waals surface area contributed by atoms with Crippen LogP contribution in [0.15, 0.2) is 48.6 Å². The van der Waals surface area contributed by atoms with Crippen molar-refractivity contribution in [1.82, 2.24) is 9.80 Å². The van der Waals surface area contributed by atoms with Gasteiger partial charge in [-0.2, -0.15) is 0 Å². The van der Waals surface area contributed by atoms with Crippen LogP contribution in [0.4, 0.5) is 11.4 Å². The van der Waals surface area contributed by atoms with E-state index in [1.54, 1.807) is 14.2 Å². The van der Waals surface area contributed by atoms with Crippen LogP contribution in [-0.2, 0) is 55.4 Å². The summed E-state index contributed by atoms with van der Waals surface area (Å²) in [6.07, 6.45) is 8.25. The summed E-state index contributed by atoms with van der Waals surface area (Å²) in [6.45, 7) is 9.34. The molecule has 0 amide bonds. The first-order chi connectivity index (χ1) is 31.9. The van der Waals surface area contributed by atoms with Crippen molar-refractivity contribution in [3.8, 4) is 11.5 Å². The fraction of sp³-hybridized carbons (Fsp3) is 0.608. The highest BCUT2D eigenvalue weighted by atomic mass is 16.6. The summed E-state index contributed by atoms with van der Waals surface area (Å²) in [5, 5.41) is 26.5. The predicted molar refractivity (Wildman–Crippen MR) is 245 cm³/mol. The molecule has 8 aliphatic rings. The van der Waals surface area contributed by atoms with Crippen molar-refractivity contribution in [2.24, 2.45) is 10.8 Å². The summed E-state index contributed by atoms with van der Waals surface area (Å²) >= 11 is 0. The van der Waals surface area contributed by atoms with Gasteiger partial charge < -0.3 is 48.4 Å². The van der Waals surface area contributed by atoms with Crippen molar-refractivity contribution in [3.05, 3.63) is 70.8 Å². The lowest BCUT2D eigenvalue weighted by atomic mass is 9.47. The van der Waals surface area contributed by atoms with Crippen molar-refractivity contribution >= 4 is 35.3 Å².